The van der Waals surface area contributed by atoms with E-state index in [-0.39, 0.29) is 0 Å². The zero-order valence-electron chi connectivity index (χ0n) is 12.2. The van der Waals surface area contributed by atoms with Gasteiger partial charge in [-0.15, -0.1) is 11.8 Å². The zero-order chi connectivity index (χ0) is 16.2. The van der Waals surface area contributed by atoms with Crippen molar-refractivity contribution in [1.82, 2.24) is 0 Å². The predicted octanol–water partition coefficient (Wildman–Crippen LogP) is 5.95. The molecule has 2 fully saturated rings. The molecule has 2 aliphatic carbocycles. The molecule has 1 aromatic heterocycles. The molecule has 0 saturated heterocycles. The van der Waals surface area contributed by atoms with Gasteiger partial charge in [-0.1, -0.05) is 6.07 Å². The van der Waals surface area contributed by atoms with Crippen LogP contribution < -0.4 is 4.57 Å². The van der Waals surface area contributed by atoms with Gasteiger partial charge in [0, 0.05) is 17.4 Å². The van der Waals surface area contributed by atoms with E-state index in [1.54, 1.807) is 0 Å². The summed E-state index contributed by atoms with van der Waals surface area (Å²) < 4.78 is 2.61. The van der Waals surface area contributed by atoms with Crippen LogP contribution >= 0.6 is 47.1 Å². The maximum Gasteiger partial charge on any atom is 0.226 e. The number of aromatic nitrogens is 1. The van der Waals surface area contributed by atoms with E-state index in [0.717, 1.165) is 23.1 Å². The molecule has 7 heteroatoms. The normalized spacial score (nSPS) is 31.5. The SMILES string of the molecule is [Cl][Sb-]([Cl])([Cl])[Cl].c1cc2c3c(c1)ccc[n+]3C1C(S2)[C@@H]2CC[C@H]1C2. The van der Waals surface area contributed by atoms with Gasteiger partial charge in [-0.3, -0.25) is 0 Å². The molecule has 2 heterocycles. The number of rotatable bonds is 0. The smallest absolute Gasteiger partial charge is 0.193 e. The van der Waals surface area contributed by atoms with Crippen molar-refractivity contribution in [3.05, 3.63) is 36.5 Å². The topological polar surface area (TPSA) is 3.88 Å². The molecule has 2 saturated carbocycles. The summed E-state index contributed by atoms with van der Waals surface area (Å²) in [4.78, 5) is 1.50. The van der Waals surface area contributed by atoms with E-state index in [1.165, 1.54) is 35.1 Å². The Bertz CT molecular complexity index is 739. The number of hydrogen-bond donors (Lipinski definition) is 0. The number of benzene rings is 1. The van der Waals surface area contributed by atoms with Crippen LogP contribution in [0.25, 0.3) is 10.9 Å². The first-order valence-electron chi connectivity index (χ1n) is 7.69. The molecule has 4 atom stereocenters. The van der Waals surface area contributed by atoms with Crippen LogP contribution in [0.4, 0.5) is 0 Å². The van der Waals surface area contributed by atoms with Crippen LogP contribution in [0.1, 0.15) is 25.3 Å². The van der Waals surface area contributed by atoms with E-state index >= 15 is 0 Å². The van der Waals surface area contributed by atoms with Crippen LogP contribution in [0.5, 0.6) is 0 Å². The molecule has 2 bridgehead atoms. The molecule has 1 aliphatic heterocycles. The Morgan fingerprint density at radius 3 is 2.48 bits per heavy atom. The first-order chi connectivity index (χ1) is 10.9. The molecule has 124 valence electrons. The standard InChI is InChI=1S/C16H16NS.4ClH.Sb/c1-3-10-4-2-8-17-14(10)13(5-1)18-16-12-7-6-11(9-12)15(16)17;;;;;/h1-5,8,11-12,15-16H,6-7,9H2;4*1H;/q+1;;;;;+3/p-4/t11-,12+,15?,16?;;;;;/m0...../s1. The molecule has 0 amide bonds. The Morgan fingerprint density at radius 2 is 1.70 bits per heavy atom. The second-order valence-electron chi connectivity index (χ2n) is 6.40. The van der Waals surface area contributed by atoms with Gasteiger partial charge in [-0.05, 0) is 43.4 Å². The van der Waals surface area contributed by atoms with Crippen molar-refractivity contribution >= 4 is 72.2 Å². The minimum atomic E-state index is -3.21. The molecular weight excluding hydrogens is 502 g/mol. The molecule has 0 radical (unpaired) electrons. The molecule has 0 N–H and O–H groups in total. The zero-order valence-corrected chi connectivity index (χ0v) is 18.6. The van der Waals surface area contributed by atoms with Crippen molar-refractivity contribution in [2.24, 2.45) is 11.8 Å². The Morgan fingerprint density at radius 1 is 1.00 bits per heavy atom. The third kappa shape index (κ3) is 3.46. The maximum absolute atomic E-state index is 5.03. The number of pyridine rings is 1. The van der Waals surface area contributed by atoms with Crippen molar-refractivity contribution in [3.8, 4) is 0 Å². The minimum absolute atomic E-state index is 0.771. The molecule has 1 nitrogen and oxygen atoms in total. The Labute approximate surface area is 159 Å². The van der Waals surface area contributed by atoms with Gasteiger partial charge in [-0.25, -0.2) is 0 Å². The fraction of sp³-hybridized carbons (Fsp3) is 0.438. The van der Waals surface area contributed by atoms with Gasteiger partial charge >= 0.3 is 49.6 Å². The van der Waals surface area contributed by atoms with Gasteiger partial charge in [0.05, 0.1) is 10.1 Å². The average Bonchev–Trinajstić information content (AvgIpc) is 3.08. The summed E-state index contributed by atoms with van der Waals surface area (Å²) in [5.41, 5.74) is 1.49. The molecule has 1 aromatic carbocycles. The maximum atomic E-state index is 5.03. The summed E-state index contributed by atoms with van der Waals surface area (Å²) in [6.07, 6.45) is 6.72. The summed E-state index contributed by atoms with van der Waals surface area (Å²) in [6, 6.07) is 12.0. The second kappa shape index (κ2) is 6.60. The summed E-state index contributed by atoms with van der Waals surface area (Å²) in [5.74, 6) is 1.91. The van der Waals surface area contributed by atoms with Crippen molar-refractivity contribution in [2.75, 3.05) is 0 Å². The summed E-state index contributed by atoms with van der Waals surface area (Å²) in [7, 11) is 20.1. The fourth-order valence-corrected chi connectivity index (χ4v) is 6.23. The Hall–Kier alpha value is 0.958. The van der Waals surface area contributed by atoms with Crippen LogP contribution in [0, 0.1) is 11.8 Å². The Kier molecular flexibility index (Phi) is 4.99. The number of hydrogen-bond acceptors (Lipinski definition) is 1. The van der Waals surface area contributed by atoms with Gasteiger partial charge in [0.25, 0.3) is 0 Å². The fourth-order valence-electron chi connectivity index (χ4n) is 4.51. The Balaban J connectivity index is 0.000000240. The van der Waals surface area contributed by atoms with Crippen molar-refractivity contribution < 1.29 is 4.57 Å². The van der Waals surface area contributed by atoms with Gasteiger partial charge in [-0.2, -0.15) is 4.57 Å². The van der Waals surface area contributed by atoms with E-state index < -0.39 is 14.2 Å². The average molecular weight is 518 g/mol. The van der Waals surface area contributed by atoms with Crippen LogP contribution in [0.2, 0.25) is 0 Å². The van der Waals surface area contributed by atoms with Crippen LogP contribution in [-0.2, 0) is 0 Å². The summed E-state index contributed by atoms with van der Waals surface area (Å²) in [6.45, 7) is 0. The van der Waals surface area contributed by atoms with Crippen molar-refractivity contribution in [3.63, 3.8) is 0 Å². The summed E-state index contributed by atoms with van der Waals surface area (Å²) in [5, 5.41) is 2.25. The number of para-hydroxylation sites is 1. The van der Waals surface area contributed by atoms with Crippen LogP contribution in [0.15, 0.2) is 41.4 Å². The first kappa shape index (κ1) is 17.4. The van der Waals surface area contributed by atoms with Gasteiger partial charge < -0.3 is 0 Å². The van der Waals surface area contributed by atoms with Crippen molar-refractivity contribution in [2.45, 2.75) is 35.4 Å². The van der Waals surface area contributed by atoms with Crippen LogP contribution in [0.3, 0.4) is 0 Å². The molecule has 23 heavy (non-hydrogen) atoms. The largest absolute Gasteiger partial charge is 0.226 e. The minimum Gasteiger partial charge on any atom is -0.193 e. The number of fused-ring (bicyclic) bond motifs is 6. The first-order valence-corrected chi connectivity index (χ1v) is 21.5. The third-order valence-corrected chi connectivity index (χ3v) is 6.71. The third-order valence-electron chi connectivity index (χ3n) is 5.19. The monoisotopic (exact) mass is 515 g/mol. The number of nitrogens with zero attached hydrogens (tertiary/aromatic N) is 1. The second-order valence-corrected chi connectivity index (χ2v) is 30.4. The molecule has 0 spiro atoms. The van der Waals surface area contributed by atoms with E-state index in [2.05, 4.69) is 52.9 Å². The van der Waals surface area contributed by atoms with Gasteiger partial charge in [0.2, 0.25) is 5.52 Å². The van der Waals surface area contributed by atoms with Crippen LogP contribution in [-0.4, -0.2) is 19.5 Å². The van der Waals surface area contributed by atoms with E-state index in [9.17, 15) is 0 Å². The quantitative estimate of drug-likeness (QED) is 0.308. The molecule has 5 rings (SSSR count). The van der Waals surface area contributed by atoms with Crippen molar-refractivity contribution in [1.29, 1.82) is 0 Å². The summed E-state index contributed by atoms with van der Waals surface area (Å²) >= 11 is -1.05. The predicted molar refractivity (Wildman–Crippen MR) is 103 cm³/mol. The van der Waals surface area contributed by atoms with E-state index in [1.807, 2.05) is 0 Å². The van der Waals surface area contributed by atoms with Gasteiger partial charge in [0.15, 0.2) is 12.2 Å². The molecular formula is C16H16Cl4NSSb. The van der Waals surface area contributed by atoms with E-state index in [0.29, 0.717) is 0 Å². The molecule has 2 unspecified atom stereocenters. The van der Waals surface area contributed by atoms with E-state index in [4.69, 9.17) is 35.3 Å². The number of halogens is 4. The number of thioether (sulfide) groups is 1. The molecule has 3 aliphatic rings. The molecule has 2 aromatic rings. The van der Waals surface area contributed by atoms with Gasteiger partial charge in [0.1, 0.15) is 0 Å².